The average Bonchev–Trinajstić information content (AvgIpc) is 2.68. The number of carbonyl (C=O) groups is 1. The SMILES string of the molecule is Cc1ccc(NC(=O)/C(C#N)=C/c2c(OC(C)C)ccc3ccccc23)cc1. The molecule has 0 aromatic heterocycles. The number of fused-ring (bicyclic) bond motifs is 1. The molecule has 0 radical (unpaired) electrons. The van der Waals surface area contributed by atoms with Crippen molar-refractivity contribution in [1.29, 1.82) is 5.26 Å². The number of nitrogens with zero attached hydrogens (tertiary/aromatic N) is 1. The first-order valence-electron chi connectivity index (χ1n) is 9.16. The zero-order valence-electron chi connectivity index (χ0n) is 16.2. The van der Waals surface area contributed by atoms with Gasteiger partial charge in [-0.2, -0.15) is 5.26 Å². The van der Waals surface area contributed by atoms with Gasteiger partial charge in [-0.25, -0.2) is 0 Å². The molecule has 0 aliphatic carbocycles. The number of carbonyl (C=O) groups excluding carboxylic acids is 1. The van der Waals surface area contributed by atoms with Crippen molar-refractivity contribution in [2.45, 2.75) is 26.9 Å². The Hall–Kier alpha value is -3.58. The molecule has 0 atom stereocenters. The number of amides is 1. The Bertz CT molecular complexity index is 1070. The molecule has 28 heavy (non-hydrogen) atoms. The van der Waals surface area contributed by atoms with Crippen LogP contribution in [0, 0.1) is 18.3 Å². The lowest BCUT2D eigenvalue weighted by molar-refractivity contribution is -0.112. The van der Waals surface area contributed by atoms with Gasteiger partial charge in [0.1, 0.15) is 17.4 Å². The zero-order chi connectivity index (χ0) is 20.1. The predicted octanol–water partition coefficient (Wildman–Crippen LogP) is 5.48. The molecular formula is C24H22N2O2. The van der Waals surface area contributed by atoms with Crippen molar-refractivity contribution in [2.75, 3.05) is 5.32 Å². The fraction of sp³-hybridized carbons (Fsp3) is 0.167. The van der Waals surface area contributed by atoms with E-state index in [0.29, 0.717) is 11.4 Å². The summed E-state index contributed by atoms with van der Waals surface area (Å²) in [6.45, 7) is 5.86. The van der Waals surface area contributed by atoms with Crippen LogP contribution in [-0.2, 0) is 4.79 Å². The lowest BCUT2D eigenvalue weighted by Crippen LogP contribution is -2.13. The molecule has 0 spiro atoms. The molecule has 0 heterocycles. The van der Waals surface area contributed by atoms with Crippen molar-refractivity contribution in [3.8, 4) is 11.8 Å². The van der Waals surface area contributed by atoms with Gasteiger partial charge in [0.2, 0.25) is 0 Å². The van der Waals surface area contributed by atoms with Crippen molar-refractivity contribution in [3.63, 3.8) is 0 Å². The van der Waals surface area contributed by atoms with Crippen molar-refractivity contribution in [3.05, 3.63) is 77.4 Å². The fourth-order valence-electron chi connectivity index (χ4n) is 2.91. The molecule has 0 aliphatic heterocycles. The van der Waals surface area contributed by atoms with Crippen LogP contribution < -0.4 is 10.1 Å². The summed E-state index contributed by atoms with van der Waals surface area (Å²) < 4.78 is 5.92. The molecule has 0 saturated carbocycles. The summed E-state index contributed by atoms with van der Waals surface area (Å²) in [6, 6.07) is 21.1. The highest BCUT2D eigenvalue weighted by Gasteiger charge is 2.14. The highest BCUT2D eigenvalue weighted by Crippen LogP contribution is 2.31. The molecule has 0 aliphatic rings. The van der Waals surface area contributed by atoms with E-state index in [1.807, 2.05) is 87.5 Å². The Kier molecular flexibility index (Phi) is 5.76. The number of anilines is 1. The number of hydrogen-bond acceptors (Lipinski definition) is 3. The van der Waals surface area contributed by atoms with E-state index in [4.69, 9.17) is 4.74 Å². The molecule has 0 unspecified atom stereocenters. The molecule has 4 heteroatoms. The van der Waals surface area contributed by atoms with Gasteiger partial charge < -0.3 is 10.1 Å². The topological polar surface area (TPSA) is 62.1 Å². The van der Waals surface area contributed by atoms with E-state index in [0.717, 1.165) is 21.9 Å². The van der Waals surface area contributed by atoms with Gasteiger partial charge in [-0.1, -0.05) is 48.0 Å². The minimum absolute atomic E-state index is 0.0190. The predicted molar refractivity (Wildman–Crippen MR) is 113 cm³/mol. The van der Waals surface area contributed by atoms with Crippen LogP contribution in [0.1, 0.15) is 25.0 Å². The summed E-state index contributed by atoms with van der Waals surface area (Å²) in [4.78, 5) is 12.7. The summed E-state index contributed by atoms with van der Waals surface area (Å²) in [5.74, 6) is 0.194. The van der Waals surface area contributed by atoms with Crippen LogP contribution in [-0.4, -0.2) is 12.0 Å². The summed E-state index contributed by atoms with van der Waals surface area (Å²) in [5, 5.41) is 14.3. The van der Waals surface area contributed by atoms with Crippen LogP contribution in [0.4, 0.5) is 5.69 Å². The summed E-state index contributed by atoms with van der Waals surface area (Å²) in [5.41, 5.74) is 2.49. The molecule has 140 valence electrons. The Morgan fingerprint density at radius 2 is 1.79 bits per heavy atom. The number of nitrogens with one attached hydrogen (secondary N) is 1. The second-order valence-corrected chi connectivity index (χ2v) is 6.86. The fourth-order valence-corrected chi connectivity index (χ4v) is 2.91. The summed E-state index contributed by atoms with van der Waals surface area (Å²) in [6.07, 6.45) is 1.57. The molecule has 1 amide bonds. The molecule has 0 bridgehead atoms. The lowest BCUT2D eigenvalue weighted by atomic mass is 10.0. The third-order valence-corrected chi connectivity index (χ3v) is 4.26. The molecule has 3 aromatic rings. The lowest BCUT2D eigenvalue weighted by Gasteiger charge is -2.15. The van der Waals surface area contributed by atoms with Crippen molar-refractivity contribution >= 4 is 28.4 Å². The summed E-state index contributed by atoms with van der Waals surface area (Å²) >= 11 is 0. The zero-order valence-corrected chi connectivity index (χ0v) is 16.2. The van der Waals surface area contributed by atoms with Crippen molar-refractivity contribution in [2.24, 2.45) is 0 Å². The first-order valence-corrected chi connectivity index (χ1v) is 9.16. The maximum atomic E-state index is 12.7. The quantitative estimate of drug-likeness (QED) is 0.478. The number of aryl methyl sites for hydroxylation is 1. The highest BCUT2D eigenvalue weighted by molar-refractivity contribution is 6.11. The van der Waals surface area contributed by atoms with Gasteiger partial charge in [0.25, 0.3) is 5.91 Å². The Morgan fingerprint density at radius 1 is 1.07 bits per heavy atom. The highest BCUT2D eigenvalue weighted by atomic mass is 16.5. The normalized spacial score (nSPS) is 11.3. The maximum absolute atomic E-state index is 12.7. The van der Waals surface area contributed by atoms with Gasteiger partial charge in [-0.3, -0.25) is 4.79 Å². The first-order chi connectivity index (χ1) is 13.5. The Balaban J connectivity index is 2.03. The van der Waals surface area contributed by atoms with Crippen LogP contribution in [0.2, 0.25) is 0 Å². The van der Waals surface area contributed by atoms with E-state index in [-0.39, 0.29) is 11.7 Å². The van der Waals surface area contributed by atoms with Gasteiger partial charge in [-0.05, 0) is 55.8 Å². The largest absolute Gasteiger partial charge is 0.490 e. The average molecular weight is 370 g/mol. The van der Waals surface area contributed by atoms with Crippen molar-refractivity contribution in [1.82, 2.24) is 0 Å². The molecule has 4 nitrogen and oxygen atoms in total. The minimum atomic E-state index is -0.449. The van der Waals surface area contributed by atoms with Crippen molar-refractivity contribution < 1.29 is 9.53 Å². The standard InChI is InChI=1S/C24H22N2O2/c1-16(2)28-23-13-10-18-6-4-5-7-21(18)22(23)14-19(15-25)24(27)26-20-11-8-17(3)9-12-20/h4-14,16H,1-3H3,(H,26,27)/b19-14+. The minimum Gasteiger partial charge on any atom is -0.490 e. The van der Waals surface area contributed by atoms with Gasteiger partial charge in [0.15, 0.2) is 0 Å². The Labute approximate surface area is 165 Å². The van der Waals surface area contributed by atoms with E-state index in [1.54, 1.807) is 6.08 Å². The molecule has 0 saturated heterocycles. The number of rotatable bonds is 5. The smallest absolute Gasteiger partial charge is 0.266 e. The molecule has 0 fully saturated rings. The maximum Gasteiger partial charge on any atom is 0.266 e. The molecule has 3 rings (SSSR count). The number of hydrogen-bond donors (Lipinski definition) is 1. The monoisotopic (exact) mass is 370 g/mol. The van der Waals surface area contributed by atoms with Crippen LogP contribution in [0.5, 0.6) is 5.75 Å². The first kappa shape index (κ1) is 19.2. The van der Waals surface area contributed by atoms with E-state index in [9.17, 15) is 10.1 Å². The van der Waals surface area contributed by atoms with E-state index >= 15 is 0 Å². The number of nitriles is 1. The molecular weight excluding hydrogens is 348 g/mol. The van der Waals surface area contributed by atoms with Gasteiger partial charge in [0, 0.05) is 11.3 Å². The van der Waals surface area contributed by atoms with Crippen LogP contribution in [0.3, 0.4) is 0 Å². The molecule has 3 aromatic carbocycles. The van der Waals surface area contributed by atoms with Gasteiger partial charge >= 0.3 is 0 Å². The van der Waals surface area contributed by atoms with E-state index in [2.05, 4.69) is 5.32 Å². The van der Waals surface area contributed by atoms with Crippen LogP contribution in [0.25, 0.3) is 16.8 Å². The summed E-state index contributed by atoms with van der Waals surface area (Å²) in [7, 11) is 0. The third-order valence-electron chi connectivity index (χ3n) is 4.26. The number of benzene rings is 3. The van der Waals surface area contributed by atoms with Gasteiger partial charge in [-0.15, -0.1) is 0 Å². The number of ether oxygens (including phenoxy) is 1. The Morgan fingerprint density at radius 3 is 2.46 bits per heavy atom. The molecule has 1 N–H and O–H groups in total. The second kappa shape index (κ2) is 8.41. The van der Waals surface area contributed by atoms with Crippen LogP contribution >= 0.6 is 0 Å². The van der Waals surface area contributed by atoms with Crippen LogP contribution in [0.15, 0.2) is 66.2 Å². The van der Waals surface area contributed by atoms with E-state index < -0.39 is 5.91 Å². The van der Waals surface area contributed by atoms with E-state index in [1.165, 1.54) is 0 Å². The second-order valence-electron chi connectivity index (χ2n) is 6.86. The third kappa shape index (κ3) is 4.39. The van der Waals surface area contributed by atoms with Gasteiger partial charge in [0.05, 0.1) is 6.10 Å².